The molecule has 0 amide bonds. The van der Waals surface area contributed by atoms with Crippen LogP contribution in [0.1, 0.15) is 24.2 Å². The number of alkyl halides is 2. The first-order chi connectivity index (χ1) is 13.3. The zero-order chi connectivity index (χ0) is 20.3. The van der Waals surface area contributed by atoms with Gasteiger partial charge in [-0.3, -0.25) is 0 Å². The van der Waals surface area contributed by atoms with Gasteiger partial charge < -0.3 is 31.0 Å². The molecule has 150 valence electrons. The SMILES string of the molecule is CC(F)(F)Oc1ccc(Nc2nccc(C(O)CO)c2C(=N)C2CNC2)cc1. The highest BCUT2D eigenvalue weighted by Crippen LogP contribution is 2.30. The van der Waals surface area contributed by atoms with E-state index in [2.05, 4.69) is 20.4 Å². The molecule has 1 saturated heterocycles. The summed E-state index contributed by atoms with van der Waals surface area (Å²) in [6.07, 6.45) is -2.94. The summed E-state index contributed by atoms with van der Waals surface area (Å²) >= 11 is 0. The first kappa shape index (κ1) is 20.1. The number of hydrogen-bond acceptors (Lipinski definition) is 7. The second kappa shape index (κ2) is 8.17. The van der Waals surface area contributed by atoms with Gasteiger partial charge in [0.1, 0.15) is 17.7 Å². The van der Waals surface area contributed by atoms with Gasteiger partial charge in [0.05, 0.1) is 6.61 Å². The lowest BCUT2D eigenvalue weighted by Crippen LogP contribution is -2.47. The number of aliphatic hydroxyl groups excluding tert-OH is 2. The van der Waals surface area contributed by atoms with Crippen molar-refractivity contribution in [3.05, 3.63) is 47.7 Å². The van der Waals surface area contributed by atoms with Crippen LogP contribution in [0.3, 0.4) is 0 Å². The Morgan fingerprint density at radius 1 is 1.36 bits per heavy atom. The lowest BCUT2D eigenvalue weighted by atomic mass is 9.88. The van der Waals surface area contributed by atoms with E-state index >= 15 is 0 Å². The van der Waals surface area contributed by atoms with Crippen LogP contribution in [-0.4, -0.2) is 46.7 Å². The number of aliphatic hydroxyl groups is 2. The number of aromatic nitrogens is 1. The predicted molar refractivity (Wildman–Crippen MR) is 100 cm³/mol. The maximum absolute atomic E-state index is 12.9. The van der Waals surface area contributed by atoms with Gasteiger partial charge >= 0.3 is 6.11 Å². The molecular weight excluding hydrogens is 370 g/mol. The van der Waals surface area contributed by atoms with E-state index in [1.165, 1.54) is 18.3 Å². The highest BCUT2D eigenvalue weighted by Gasteiger charge is 2.28. The van der Waals surface area contributed by atoms with Gasteiger partial charge in [-0.1, -0.05) is 0 Å². The number of nitrogens with one attached hydrogen (secondary N) is 3. The van der Waals surface area contributed by atoms with Crippen molar-refractivity contribution in [3.8, 4) is 5.75 Å². The van der Waals surface area contributed by atoms with Gasteiger partial charge in [-0.15, -0.1) is 0 Å². The van der Waals surface area contributed by atoms with Crippen molar-refractivity contribution >= 4 is 17.2 Å². The molecular formula is C19H22F2N4O3. The molecule has 0 aliphatic carbocycles. The Bertz CT molecular complexity index is 836. The third kappa shape index (κ3) is 4.61. The molecule has 7 nitrogen and oxygen atoms in total. The largest absolute Gasteiger partial charge is 0.433 e. The van der Waals surface area contributed by atoms with Crippen LogP contribution in [0.2, 0.25) is 0 Å². The Morgan fingerprint density at radius 2 is 2.04 bits per heavy atom. The monoisotopic (exact) mass is 392 g/mol. The molecule has 5 N–H and O–H groups in total. The van der Waals surface area contributed by atoms with Gasteiger partial charge in [0.15, 0.2) is 0 Å². The van der Waals surface area contributed by atoms with Gasteiger partial charge in [0.2, 0.25) is 0 Å². The third-order valence-electron chi connectivity index (χ3n) is 4.39. The molecule has 1 aromatic carbocycles. The lowest BCUT2D eigenvalue weighted by molar-refractivity contribution is -0.158. The number of benzene rings is 1. The van der Waals surface area contributed by atoms with E-state index in [4.69, 9.17) is 5.41 Å². The molecule has 1 aliphatic rings. The maximum Gasteiger partial charge on any atom is 0.394 e. The summed E-state index contributed by atoms with van der Waals surface area (Å²) in [5, 5.41) is 34.2. The van der Waals surface area contributed by atoms with E-state index in [0.717, 1.165) is 0 Å². The van der Waals surface area contributed by atoms with E-state index in [1.807, 2.05) is 0 Å². The maximum atomic E-state index is 12.9. The Morgan fingerprint density at radius 3 is 2.57 bits per heavy atom. The summed E-state index contributed by atoms with van der Waals surface area (Å²) in [4.78, 5) is 4.28. The average molecular weight is 392 g/mol. The lowest BCUT2D eigenvalue weighted by Gasteiger charge is -2.30. The molecule has 1 aromatic heterocycles. The minimum absolute atomic E-state index is 0.0167. The predicted octanol–water partition coefficient (Wildman–Crippen LogP) is 2.43. The molecule has 9 heteroatoms. The zero-order valence-corrected chi connectivity index (χ0v) is 15.2. The molecule has 0 radical (unpaired) electrons. The number of hydrogen-bond donors (Lipinski definition) is 5. The van der Waals surface area contributed by atoms with E-state index in [0.29, 0.717) is 48.4 Å². The fourth-order valence-electron chi connectivity index (χ4n) is 2.88. The molecule has 1 atom stereocenters. The Balaban J connectivity index is 1.89. The Hall–Kier alpha value is -2.62. The fourth-order valence-corrected chi connectivity index (χ4v) is 2.88. The smallest absolute Gasteiger partial charge is 0.394 e. The molecule has 28 heavy (non-hydrogen) atoms. The van der Waals surface area contributed by atoms with Crippen LogP contribution in [0.25, 0.3) is 0 Å². The summed E-state index contributed by atoms with van der Waals surface area (Å²) in [5.41, 5.74) is 1.69. The highest BCUT2D eigenvalue weighted by molar-refractivity contribution is 6.06. The molecule has 1 fully saturated rings. The molecule has 2 heterocycles. The number of anilines is 2. The number of ether oxygens (including phenoxy) is 1. The third-order valence-corrected chi connectivity index (χ3v) is 4.39. The minimum atomic E-state index is -3.27. The second-order valence-electron chi connectivity index (χ2n) is 6.65. The van der Waals surface area contributed by atoms with Crippen LogP contribution in [0.15, 0.2) is 36.5 Å². The van der Waals surface area contributed by atoms with E-state index in [9.17, 15) is 19.0 Å². The quantitative estimate of drug-likeness (QED) is 0.442. The Kier molecular flexibility index (Phi) is 5.87. The van der Waals surface area contributed by atoms with Crippen LogP contribution in [0.4, 0.5) is 20.3 Å². The van der Waals surface area contributed by atoms with Crippen LogP contribution >= 0.6 is 0 Å². The fraction of sp³-hybridized carbons (Fsp3) is 0.368. The highest BCUT2D eigenvalue weighted by atomic mass is 19.3. The summed E-state index contributed by atoms with van der Waals surface area (Å²) in [7, 11) is 0. The number of pyridine rings is 1. The van der Waals surface area contributed by atoms with Crippen molar-refractivity contribution in [3.63, 3.8) is 0 Å². The molecule has 2 aromatic rings. The molecule has 0 bridgehead atoms. The molecule has 3 rings (SSSR count). The summed E-state index contributed by atoms with van der Waals surface area (Å²) < 4.78 is 30.4. The standard InChI is InChI=1S/C19H22F2N4O3/c1-19(20,21)28-13-4-2-12(3-5-13)25-18-16(17(22)11-8-23-9-11)14(6-7-24-18)15(27)10-26/h2-7,11,15,22-23,26-27H,8-10H2,1H3,(H,24,25). The van der Waals surface area contributed by atoms with Crippen molar-refractivity contribution in [2.45, 2.75) is 19.1 Å². The Labute approximate surface area is 160 Å². The first-order valence-corrected chi connectivity index (χ1v) is 8.80. The molecule has 1 unspecified atom stereocenters. The van der Waals surface area contributed by atoms with Crippen LogP contribution in [0, 0.1) is 11.3 Å². The topological polar surface area (TPSA) is 110 Å². The van der Waals surface area contributed by atoms with Crippen molar-refractivity contribution in [1.29, 1.82) is 5.41 Å². The second-order valence-corrected chi connectivity index (χ2v) is 6.65. The summed E-state index contributed by atoms with van der Waals surface area (Å²) in [6.45, 7) is 1.48. The van der Waals surface area contributed by atoms with E-state index in [1.54, 1.807) is 18.2 Å². The van der Waals surface area contributed by atoms with Crippen LogP contribution in [-0.2, 0) is 0 Å². The number of rotatable bonds is 8. The van der Waals surface area contributed by atoms with E-state index < -0.39 is 18.8 Å². The minimum Gasteiger partial charge on any atom is -0.433 e. The summed E-state index contributed by atoms with van der Waals surface area (Å²) in [6, 6.07) is 7.47. The van der Waals surface area contributed by atoms with Crippen molar-refractivity contribution < 1.29 is 23.7 Å². The van der Waals surface area contributed by atoms with Gasteiger partial charge in [0, 0.05) is 49.1 Å². The van der Waals surface area contributed by atoms with Crippen molar-refractivity contribution in [1.82, 2.24) is 10.3 Å². The van der Waals surface area contributed by atoms with Gasteiger partial charge in [-0.2, -0.15) is 8.78 Å². The van der Waals surface area contributed by atoms with Crippen LogP contribution < -0.4 is 15.4 Å². The van der Waals surface area contributed by atoms with Gasteiger partial charge in [-0.25, -0.2) is 4.98 Å². The number of nitrogens with zero attached hydrogens (tertiary/aromatic N) is 1. The molecule has 0 saturated carbocycles. The van der Waals surface area contributed by atoms with Crippen LogP contribution in [0.5, 0.6) is 5.75 Å². The molecule has 1 aliphatic heterocycles. The first-order valence-electron chi connectivity index (χ1n) is 8.80. The van der Waals surface area contributed by atoms with Gasteiger partial charge in [0.25, 0.3) is 0 Å². The molecule has 0 spiro atoms. The van der Waals surface area contributed by atoms with Crippen molar-refractivity contribution in [2.24, 2.45) is 5.92 Å². The zero-order valence-electron chi connectivity index (χ0n) is 15.2. The van der Waals surface area contributed by atoms with E-state index in [-0.39, 0.29) is 11.7 Å². The normalized spacial score (nSPS) is 15.6. The number of halogens is 2. The summed E-state index contributed by atoms with van der Waals surface area (Å²) in [5.74, 6) is 0.345. The van der Waals surface area contributed by atoms with Crippen molar-refractivity contribution in [2.75, 3.05) is 25.0 Å². The average Bonchev–Trinajstić information content (AvgIpc) is 2.59. The van der Waals surface area contributed by atoms with Gasteiger partial charge in [-0.05, 0) is 35.9 Å².